The van der Waals surface area contributed by atoms with Crippen molar-refractivity contribution >= 4 is 22.9 Å². The van der Waals surface area contributed by atoms with Crippen LogP contribution in [-0.4, -0.2) is 11.1 Å². The number of rotatable bonds is 2. The molecule has 0 amide bonds. The van der Waals surface area contributed by atoms with Crippen molar-refractivity contribution in [1.82, 2.24) is 0 Å². The van der Waals surface area contributed by atoms with Crippen molar-refractivity contribution in [2.24, 2.45) is 0 Å². The number of carboxylic acids is 1. The topological polar surface area (TPSA) is 37.3 Å². The van der Waals surface area contributed by atoms with Crippen LogP contribution in [0.1, 0.15) is 16.2 Å². The molecule has 1 aliphatic rings. The maximum atomic E-state index is 11.2. The quantitative estimate of drug-likeness (QED) is 0.848. The van der Waals surface area contributed by atoms with Crippen molar-refractivity contribution < 1.29 is 9.90 Å². The molecule has 1 aromatic rings. The molecule has 16 heavy (non-hydrogen) atoms. The number of aryl methyl sites for hydroxylation is 1. The molecule has 1 heterocycles. The van der Waals surface area contributed by atoms with Crippen molar-refractivity contribution in [3.05, 3.63) is 51.8 Å². The SMILES string of the molecule is Cc1ccc(C2=C(C(=O)O)C=CCC=C2)s1. The van der Waals surface area contributed by atoms with E-state index in [4.69, 9.17) is 5.11 Å². The van der Waals surface area contributed by atoms with E-state index in [9.17, 15) is 4.79 Å². The second kappa shape index (κ2) is 4.49. The van der Waals surface area contributed by atoms with Gasteiger partial charge in [-0.25, -0.2) is 4.79 Å². The number of hydrogen-bond donors (Lipinski definition) is 1. The highest BCUT2D eigenvalue weighted by atomic mass is 32.1. The zero-order valence-corrected chi connectivity index (χ0v) is 9.75. The Hall–Kier alpha value is -1.61. The van der Waals surface area contributed by atoms with Gasteiger partial charge in [-0.2, -0.15) is 0 Å². The van der Waals surface area contributed by atoms with Gasteiger partial charge in [-0.05, 0) is 25.5 Å². The van der Waals surface area contributed by atoms with Crippen LogP contribution in [0.5, 0.6) is 0 Å². The molecule has 0 spiro atoms. The third kappa shape index (κ3) is 2.14. The first-order valence-electron chi connectivity index (χ1n) is 5.06. The summed E-state index contributed by atoms with van der Waals surface area (Å²) >= 11 is 1.62. The van der Waals surface area contributed by atoms with Crippen molar-refractivity contribution in [3.8, 4) is 0 Å². The molecule has 2 nitrogen and oxygen atoms in total. The highest BCUT2D eigenvalue weighted by Crippen LogP contribution is 2.29. The number of thiophene rings is 1. The molecular weight excluding hydrogens is 220 g/mol. The summed E-state index contributed by atoms with van der Waals surface area (Å²) in [6.45, 7) is 2.02. The average Bonchev–Trinajstić information content (AvgIpc) is 2.54. The lowest BCUT2D eigenvalue weighted by Crippen LogP contribution is -2.00. The summed E-state index contributed by atoms with van der Waals surface area (Å²) in [7, 11) is 0. The molecule has 0 saturated heterocycles. The summed E-state index contributed by atoms with van der Waals surface area (Å²) in [5.41, 5.74) is 1.18. The third-order valence-electron chi connectivity index (χ3n) is 2.37. The Balaban J connectivity index is 2.56. The van der Waals surface area contributed by atoms with Crippen LogP contribution in [0.4, 0.5) is 0 Å². The van der Waals surface area contributed by atoms with E-state index in [0.717, 1.165) is 16.9 Å². The van der Waals surface area contributed by atoms with Gasteiger partial charge in [-0.3, -0.25) is 0 Å². The first-order valence-corrected chi connectivity index (χ1v) is 5.87. The second-order valence-electron chi connectivity index (χ2n) is 3.58. The Morgan fingerprint density at radius 1 is 1.31 bits per heavy atom. The van der Waals surface area contributed by atoms with Crippen LogP contribution in [0.25, 0.3) is 5.57 Å². The Kier molecular flexibility index (Phi) is 3.06. The van der Waals surface area contributed by atoms with Gasteiger partial charge in [0.15, 0.2) is 0 Å². The fourth-order valence-corrected chi connectivity index (χ4v) is 2.52. The number of allylic oxidation sites excluding steroid dienone is 4. The fourth-order valence-electron chi connectivity index (χ4n) is 1.61. The summed E-state index contributed by atoms with van der Waals surface area (Å²) in [6.07, 6.45) is 8.22. The monoisotopic (exact) mass is 232 g/mol. The highest BCUT2D eigenvalue weighted by Gasteiger charge is 2.13. The van der Waals surface area contributed by atoms with Gasteiger partial charge in [0.25, 0.3) is 0 Å². The molecule has 82 valence electrons. The molecule has 2 rings (SSSR count). The van der Waals surface area contributed by atoms with Gasteiger partial charge >= 0.3 is 5.97 Å². The van der Waals surface area contributed by atoms with Crippen LogP contribution in [0, 0.1) is 6.92 Å². The van der Waals surface area contributed by atoms with Crippen LogP contribution in [0.15, 0.2) is 42.0 Å². The average molecular weight is 232 g/mol. The molecule has 0 atom stereocenters. The first kappa shape index (κ1) is 10.9. The molecule has 0 unspecified atom stereocenters. The largest absolute Gasteiger partial charge is 0.478 e. The van der Waals surface area contributed by atoms with Crippen LogP contribution in [0.3, 0.4) is 0 Å². The predicted octanol–water partition coefficient (Wildman–Crippen LogP) is 3.41. The summed E-state index contributed by atoms with van der Waals surface area (Å²) in [6, 6.07) is 3.98. The van der Waals surface area contributed by atoms with E-state index in [1.165, 1.54) is 4.88 Å². The van der Waals surface area contributed by atoms with Crippen molar-refractivity contribution in [2.45, 2.75) is 13.3 Å². The van der Waals surface area contributed by atoms with Crippen LogP contribution >= 0.6 is 11.3 Å². The van der Waals surface area contributed by atoms with E-state index in [-0.39, 0.29) is 0 Å². The van der Waals surface area contributed by atoms with Crippen LogP contribution < -0.4 is 0 Å². The summed E-state index contributed by atoms with van der Waals surface area (Å²) in [5.74, 6) is -0.871. The summed E-state index contributed by atoms with van der Waals surface area (Å²) in [5, 5.41) is 9.16. The standard InChI is InChI=1S/C13H12O2S/c1-9-7-8-12(16-9)10-5-3-2-4-6-11(10)13(14)15/h3-8H,2H2,1H3,(H,14,15). The van der Waals surface area contributed by atoms with E-state index in [0.29, 0.717) is 5.57 Å². The molecule has 0 aromatic carbocycles. The number of carboxylic acid groups (broad SMARTS) is 1. The Bertz CT molecular complexity index is 504. The Morgan fingerprint density at radius 3 is 2.69 bits per heavy atom. The number of aliphatic carboxylic acids is 1. The summed E-state index contributed by atoms with van der Waals surface area (Å²) in [4.78, 5) is 13.4. The molecule has 1 aliphatic carbocycles. The highest BCUT2D eigenvalue weighted by molar-refractivity contribution is 7.13. The normalized spacial score (nSPS) is 15.3. The van der Waals surface area contributed by atoms with Gasteiger partial charge < -0.3 is 5.11 Å². The minimum Gasteiger partial charge on any atom is -0.478 e. The van der Waals surface area contributed by atoms with Gasteiger partial charge in [0.05, 0.1) is 5.57 Å². The molecule has 1 N–H and O–H groups in total. The Morgan fingerprint density at radius 2 is 2.06 bits per heavy atom. The first-order chi connectivity index (χ1) is 7.68. The lowest BCUT2D eigenvalue weighted by atomic mass is 10.1. The molecule has 0 fully saturated rings. The minimum absolute atomic E-state index is 0.371. The van der Waals surface area contributed by atoms with E-state index in [1.54, 1.807) is 17.4 Å². The maximum Gasteiger partial charge on any atom is 0.336 e. The zero-order valence-electron chi connectivity index (χ0n) is 8.93. The van der Waals surface area contributed by atoms with Crippen LogP contribution in [0.2, 0.25) is 0 Å². The molecular formula is C13H12O2S. The smallest absolute Gasteiger partial charge is 0.336 e. The number of carbonyl (C=O) groups is 1. The van der Waals surface area contributed by atoms with E-state index in [2.05, 4.69) is 0 Å². The number of hydrogen-bond acceptors (Lipinski definition) is 2. The van der Waals surface area contributed by atoms with E-state index < -0.39 is 5.97 Å². The molecule has 3 heteroatoms. The van der Waals surface area contributed by atoms with E-state index >= 15 is 0 Å². The van der Waals surface area contributed by atoms with Gasteiger partial charge in [0, 0.05) is 15.3 Å². The Labute approximate surface area is 98.2 Å². The van der Waals surface area contributed by atoms with Crippen molar-refractivity contribution in [1.29, 1.82) is 0 Å². The molecule has 1 aromatic heterocycles. The lowest BCUT2D eigenvalue weighted by molar-refractivity contribution is -0.132. The summed E-state index contributed by atoms with van der Waals surface area (Å²) < 4.78 is 0. The molecule has 0 radical (unpaired) electrons. The van der Waals surface area contributed by atoms with Gasteiger partial charge in [-0.1, -0.05) is 24.3 Å². The van der Waals surface area contributed by atoms with Gasteiger partial charge in [0.2, 0.25) is 0 Å². The van der Waals surface area contributed by atoms with E-state index in [1.807, 2.05) is 37.3 Å². The second-order valence-corrected chi connectivity index (χ2v) is 4.87. The van der Waals surface area contributed by atoms with Crippen molar-refractivity contribution in [3.63, 3.8) is 0 Å². The molecule has 0 aliphatic heterocycles. The van der Waals surface area contributed by atoms with Crippen LogP contribution in [-0.2, 0) is 4.79 Å². The van der Waals surface area contributed by atoms with Gasteiger partial charge in [0.1, 0.15) is 0 Å². The molecule has 0 saturated carbocycles. The van der Waals surface area contributed by atoms with Gasteiger partial charge in [-0.15, -0.1) is 11.3 Å². The minimum atomic E-state index is -0.871. The lowest BCUT2D eigenvalue weighted by Gasteiger charge is -2.02. The third-order valence-corrected chi connectivity index (χ3v) is 3.40. The van der Waals surface area contributed by atoms with Crippen molar-refractivity contribution in [2.75, 3.05) is 0 Å². The fraction of sp³-hybridized carbons (Fsp3) is 0.154. The maximum absolute atomic E-state index is 11.2. The predicted molar refractivity (Wildman–Crippen MR) is 66.5 cm³/mol. The molecule has 0 bridgehead atoms. The zero-order chi connectivity index (χ0) is 11.5.